The second-order valence-electron chi connectivity index (χ2n) is 5.10. The highest BCUT2D eigenvalue weighted by molar-refractivity contribution is 8.00. The van der Waals surface area contributed by atoms with Gasteiger partial charge in [0.15, 0.2) is 6.61 Å². The maximum atomic E-state index is 12.6. The second kappa shape index (κ2) is 8.51. The molecule has 0 aliphatic rings. The second-order valence-corrected chi connectivity index (χ2v) is 6.21. The van der Waals surface area contributed by atoms with Gasteiger partial charge in [-0.15, -0.1) is 0 Å². The van der Waals surface area contributed by atoms with Gasteiger partial charge in [-0.2, -0.15) is 26.3 Å². The van der Waals surface area contributed by atoms with Gasteiger partial charge < -0.3 is 10.1 Å². The number of carbonyl (C=O) groups excluding carboxylic acids is 1. The summed E-state index contributed by atoms with van der Waals surface area (Å²) >= 11 is -0.431. The van der Waals surface area contributed by atoms with Gasteiger partial charge in [-0.3, -0.25) is 4.79 Å². The van der Waals surface area contributed by atoms with Crippen LogP contribution in [0.2, 0.25) is 0 Å². The van der Waals surface area contributed by atoms with Crippen LogP contribution < -0.4 is 10.1 Å². The first-order valence-electron chi connectivity index (χ1n) is 7.31. The van der Waals surface area contributed by atoms with Crippen LogP contribution in [0.25, 0.3) is 0 Å². The molecule has 0 spiro atoms. The molecule has 4 nitrogen and oxygen atoms in total. The van der Waals surface area contributed by atoms with E-state index < -0.39 is 36.0 Å². The molecule has 0 aliphatic heterocycles. The third-order valence-corrected chi connectivity index (χ3v) is 3.83. The van der Waals surface area contributed by atoms with E-state index >= 15 is 0 Å². The number of benzene rings is 1. The van der Waals surface area contributed by atoms with Crippen molar-refractivity contribution in [1.29, 1.82) is 0 Å². The lowest BCUT2D eigenvalue weighted by Crippen LogP contribution is -2.25. The minimum atomic E-state index is -4.57. The molecule has 2 aromatic rings. The van der Waals surface area contributed by atoms with Crippen molar-refractivity contribution in [3.05, 3.63) is 53.7 Å². The average Bonchev–Trinajstić information content (AvgIpc) is 2.57. The number of nitrogens with zero attached hydrogens (tertiary/aromatic N) is 1. The van der Waals surface area contributed by atoms with Crippen molar-refractivity contribution in [2.45, 2.75) is 23.1 Å². The van der Waals surface area contributed by atoms with Crippen LogP contribution in [0.1, 0.15) is 15.9 Å². The third-order valence-electron chi connectivity index (χ3n) is 3.02. The van der Waals surface area contributed by atoms with E-state index in [4.69, 9.17) is 0 Å². The molecule has 1 amide bonds. The minimum Gasteiger partial charge on any atom is -0.468 e. The molecular formula is C16H12F6N2O2S. The molecule has 0 saturated heterocycles. The van der Waals surface area contributed by atoms with Crippen molar-refractivity contribution >= 4 is 17.7 Å². The summed E-state index contributed by atoms with van der Waals surface area (Å²) in [4.78, 5) is 15.6. The molecule has 1 heterocycles. The Hall–Kier alpha value is -2.43. The van der Waals surface area contributed by atoms with Gasteiger partial charge in [0.2, 0.25) is 5.88 Å². The fraction of sp³-hybridized carbons (Fsp3) is 0.250. The topological polar surface area (TPSA) is 51.2 Å². The van der Waals surface area contributed by atoms with Crippen molar-refractivity contribution in [2.75, 3.05) is 6.61 Å². The first-order valence-corrected chi connectivity index (χ1v) is 8.13. The number of pyridine rings is 1. The fourth-order valence-corrected chi connectivity index (χ4v) is 2.64. The predicted octanol–water partition coefficient (Wildman–Crippen LogP) is 4.56. The van der Waals surface area contributed by atoms with Crippen molar-refractivity contribution < 1.29 is 35.9 Å². The summed E-state index contributed by atoms with van der Waals surface area (Å²) in [6, 6.07) is 7.93. The summed E-state index contributed by atoms with van der Waals surface area (Å²) in [6.07, 6.45) is -3.35. The van der Waals surface area contributed by atoms with E-state index in [-0.39, 0.29) is 28.4 Å². The molecule has 146 valence electrons. The van der Waals surface area contributed by atoms with Gasteiger partial charge in [-0.1, -0.05) is 18.2 Å². The largest absolute Gasteiger partial charge is 0.468 e. The zero-order chi connectivity index (χ0) is 20.1. The number of aromatic nitrogens is 1. The molecule has 2 rings (SSSR count). The lowest BCUT2D eigenvalue weighted by molar-refractivity contribution is -0.154. The zero-order valence-corrected chi connectivity index (χ0v) is 14.2. The Kier molecular flexibility index (Phi) is 6.58. The molecule has 1 aromatic carbocycles. The highest BCUT2D eigenvalue weighted by atomic mass is 32.2. The van der Waals surface area contributed by atoms with Gasteiger partial charge in [-0.05, 0) is 30.0 Å². The lowest BCUT2D eigenvalue weighted by Gasteiger charge is -2.14. The van der Waals surface area contributed by atoms with Crippen LogP contribution in [0, 0.1) is 0 Å². The van der Waals surface area contributed by atoms with Crippen molar-refractivity contribution in [2.24, 2.45) is 0 Å². The van der Waals surface area contributed by atoms with Gasteiger partial charge in [0.05, 0.1) is 5.56 Å². The summed E-state index contributed by atoms with van der Waals surface area (Å²) in [5, 5.41) is 2.36. The molecule has 0 atom stereocenters. The van der Waals surface area contributed by atoms with E-state index in [0.29, 0.717) is 0 Å². The van der Waals surface area contributed by atoms with Crippen molar-refractivity contribution in [1.82, 2.24) is 10.3 Å². The van der Waals surface area contributed by atoms with Crippen LogP contribution in [0.4, 0.5) is 26.3 Å². The Balaban J connectivity index is 2.09. The van der Waals surface area contributed by atoms with E-state index in [1.165, 1.54) is 36.5 Å². The third kappa shape index (κ3) is 7.00. The number of halogens is 6. The molecular weight excluding hydrogens is 398 g/mol. The van der Waals surface area contributed by atoms with Crippen LogP contribution in [-0.4, -0.2) is 29.2 Å². The van der Waals surface area contributed by atoms with Crippen LogP contribution in [0.5, 0.6) is 5.88 Å². The van der Waals surface area contributed by atoms with E-state index in [1.807, 2.05) is 0 Å². The first-order chi connectivity index (χ1) is 12.6. The average molecular weight is 410 g/mol. The number of alkyl halides is 6. The number of rotatable bonds is 6. The Bertz CT molecular complexity index is 795. The maximum absolute atomic E-state index is 12.6. The van der Waals surface area contributed by atoms with Crippen LogP contribution in [0.15, 0.2) is 47.5 Å². The Morgan fingerprint density at radius 1 is 1.07 bits per heavy atom. The molecule has 0 aliphatic carbocycles. The maximum Gasteiger partial charge on any atom is 0.446 e. The summed E-state index contributed by atoms with van der Waals surface area (Å²) in [6.45, 7) is -1.83. The summed E-state index contributed by atoms with van der Waals surface area (Å²) in [7, 11) is 0. The normalized spacial score (nSPS) is 11.9. The van der Waals surface area contributed by atoms with Gasteiger partial charge in [-0.25, -0.2) is 4.98 Å². The number of carbonyl (C=O) groups is 1. The first kappa shape index (κ1) is 20.9. The highest BCUT2D eigenvalue weighted by Crippen LogP contribution is 2.38. The van der Waals surface area contributed by atoms with Gasteiger partial charge in [0.1, 0.15) is 0 Å². The van der Waals surface area contributed by atoms with E-state index in [9.17, 15) is 31.1 Å². The number of ether oxygens (including phenoxy) is 1. The number of hydrogen-bond acceptors (Lipinski definition) is 4. The van der Waals surface area contributed by atoms with Gasteiger partial charge >= 0.3 is 11.7 Å². The van der Waals surface area contributed by atoms with E-state index in [1.54, 1.807) is 0 Å². The van der Waals surface area contributed by atoms with Crippen LogP contribution in [-0.2, 0) is 6.54 Å². The molecule has 0 bridgehead atoms. The molecule has 27 heavy (non-hydrogen) atoms. The summed E-state index contributed by atoms with van der Waals surface area (Å²) in [5.74, 6) is -1.14. The number of thioether (sulfide) groups is 1. The summed E-state index contributed by atoms with van der Waals surface area (Å²) in [5.41, 5.74) is -4.63. The standard InChI is InChI=1S/C16H12F6N2O2S/c17-15(18,19)9-26-14-10(4-3-7-23-14)8-24-13(25)11-5-1-2-6-12(11)27-16(20,21)22/h1-7H,8-9H2,(H,24,25). The molecule has 11 heteroatoms. The fourth-order valence-electron chi connectivity index (χ4n) is 1.98. The van der Waals surface area contributed by atoms with E-state index in [2.05, 4.69) is 15.0 Å². The van der Waals surface area contributed by atoms with Crippen molar-refractivity contribution in [3.63, 3.8) is 0 Å². The Morgan fingerprint density at radius 2 is 1.78 bits per heavy atom. The molecule has 1 N–H and O–H groups in total. The minimum absolute atomic E-state index is 0.149. The van der Waals surface area contributed by atoms with Crippen LogP contribution in [0.3, 0.4) is 0 Å². The highest BCUT2D eigenvalue weighted by Gasteiger charge is 2.31. The quantitative estimate of drug-likeness (QED) is 0.560. The summed E-state index contributed by atoms with van der Waals surface area (Å²) < 4.78 is 79.2. The van der Waals surface area contributed by atoms with E-state index in [0.717, 1.165) is 6.07 Å². The number of nitrogens with one attached hydrogen (secondary N) is 1. The Labute approximate surface area is 153 Å². The number of amides is 1. The number of hydrogen-bond donors (Lipinski definition) is 1. The van der Waals surface area contributed by atoms with Gasteiger partial charge in [0.25, 0.3) is 5.91 Å². The molecule has 0 fully saturated rings. The SMILES string of the molecule is O=C(NCc1cccnc1OCC(F)(F)F)c1ccccc1SC(F)(F)F. The smallest absolute Gasteiger partial charge is 0.446 e. The molecule has 0 unspecified atom stereocenters. The Morgan fingerprint density at radius 3 is 2.44 bits per heavy atom. The lowest BCUT2D eigenvalue weighted by atomic mass is 10.2. The zero-order valence-electron chi connectivity index (χ0n) is 13.4. The van der Waals surface area contributed by atoms with Crippen molar-refractivity contribution in [3.8, 4) is 5.88 Å². The molecule has 1 aromatic heterocycles. The van der Waals surface area contributed by atoms with Crippen LogP contribution >= 0.6 is 11.8 Å². The van der Waals surface area contributed by atoms with Gasteiger partial charge in [0, 0.05) is 23.2 Å². The molecule has 0 saturated carbocycles. The molecule has 0 radical (unpaired) electrons. The monoisotopic (exact) mass is 410 g/mol. The predicted molar refractivity (Wildman–Crippen MR) is 85.3 cm³/mol.